The van der Waals surface area contributed by atoms with Crippen molar-refractivity contribution < 1.29 is 5.11 Å². The number of thiazole rings is 1. The average molecular weight is 241 g/mol. The van der Waals surface area contributed by atoms with Crippen molar-refractivity contribution >= 4 is 16.5 Å². The van der Waals surface area contributed by atoms with Crippen LogP contribution in [0.25, 0.3) is 0 Å². The largest absolute Gasteiger partial charge is 0.389 e. The number of aromatic nitrogens is 1. The van der Waals surface area contributed by atoms with E-state index in [2.05, 4.69) is 14.8 Å². The minimum atomic E-state index is -0.594. The number of nitrogens with zero attached hydrogens (tertiary/aromatic N) is 3. The summed E-state index contributed by atoms with van der Waals surface area (Å²) in [6, 6.07) is 0. The lowest BCUT2D eigenvalue weighted by molar-refractivity contribution is 0.0345. The molecule has 1 N–H and O–H groups in total. The zero-order chi connectivity index (χ0) is 11.6. The van der Waals surface area contributed by atoms with E-state index in [0.717, 1.165) is 37.9 Å². The van der Waals surface area contributed by atoms with Gasteiger partial charge in [0.2, 0.25) is 0 Å². The summed E-state index contributed by atoms with van der Waals surface area (Å²) in [5.41, 5.74) is -0.594. The van der Waals surface area contributed by atoms with Gasteiger partial charge in [0.1, 0.15) is 0 Å². The smallest absolute Gasteiger partial charge is 0.185 e. The quantitative estimate of drug-likeness (QED) is 0.858. The number of piperazine rings is 1. The number of hydrogen-bond acceptors (Lipinski definition) is 5. The molecule has 0 bridgehead atoms. The molecule has 4 nitrogen and oxygen atoms in total. The van der Waals surface area contributed by atoms with E-state index in [1.165, 1.54) is 0 Å². The van der Waals surface area contributed by atoms with Gasteiger partial charge in [0, 0.05) is 44.3 Å². The van der Waals surface area contributed by atoms with Crippen LogP contribution >= 0.6 is 11.3 Å². The van der Waals surface area contributed by atoms with Crippen LogP contribution in [0.4, 0.5) is 5.13 Å². The molecule has 2 rings (SSSR count). The fraction of sp³-hybridized carbons (Fsp3) is 0.727. The Morgan fingerprint density at radius 2 is 2.06 bits per heavy atom. The van der Waals surface area contributed by atoms with Gasteiger partial charge in [0.25, 0.3) is 0 Å². The van der Waals surface area contributed by atoms with Crippen LogP contribution in [0.3, 0.4) is 0 Å². The fourth-order valence-electron chi connectivity index (χ4n) is 2.02. The molecule has 1 aromatic rings. The molecule has 1 fully saturated rings. The molecule has 0 unspecified atom stereocenters. The first-order valence-corrected chi connectivity index (χ1v) is 6.52. The Morgan fingerprint density at radius 3 is 2.56 bits per heavy atom. The van der Waals surface area contributed by atoms with Crippen molar-refractivity contribution in [2.45, 2.75) is 19.4 Å². The van der Waals surface area contributed by atoms with Crippen LogP contribution < -0.4 is 4.90 Å². The summed E-state index contributed by atoms with van der Waals surface area (Å²) < 4.78 is 0. The standard InChI is InChI=1S/C11H19N3OS/c1-11(2,15)9-13-4-6-14(7-5-13)10-12-3-8-16-10/h3,8,15H,4-7,9H2,1-2H3. The number of aliphatic hydroxyl groups is 1. The predicted octanol–water partition coefficient (Wildman–Crippen LogP) is 1.04. The minimum absolute atomic E-state index is 0.594. The second kappa shape index (κ2) is 4.69. The lowest BCUT2D eigenvalue weighted by atomic mass is 10.1. The molecule has 2 heterocycles. The topological polar surface area (TPSA) is 39.6 Å². The summed E-state index contributed by atoms with van der Waals surface area (Å²) in [6.45, 7) is 8.49. The zero-order valence-electron chi connectivity index (χ0n) is 9.89. The van der Waals surface area contributed by atoms with Crippen molar-refractivity contribution in [1.82, 2.24) is 9.88 Å². The summed E-state index contributed by atoms with van der Waals surface area (Å²) in [5, 5.41) is 12.9. The van der Waals surface area contributed by atoms with E-state index in [4.69, 9.17) is 0 Å². The first kappa shape index (κ1) is 11.8. The van der Waals surface area contributed by atoms with Gasteiger partial charge in [-0.1, -0.05) is 0 Å². The molecular weight excluding hydrogens is 222 g/mol. The number of rotatable bonds is 3. The van der Waals surface area contributed by atoms with Gasteiger partial charge in [-0.2, -0.15) is 0 Å². The van der Waals surface area contributed by atoms with Crippen molar-refractivity contribution in [2.75, 3.05) is 37.6 Å². The predicted molar refractivity (Wildman–Crippen MR) is 67.1 cm³/mol. The summed E-state index contributed by atoms with van der Waals surface area (Å²) in [7, 11) is 0. The Morgan fingerprint density at radius 1 is 1.38 bits per heavy atom. The Hall–Kier alpha value is -0.650. The van der Waals surface area contributed by atoms with Gasteiger partial charge in [-0.25, -0.2) is 4.98 Å². The summed E-state index contributed by atoms with van der Waals surface area (Å²) >= 11 is 1.69. The Kier molecular flexibility index (Phi) is 3.47. The molecule has 0 aliphatic carbocycles. The van der Waals surface area contributed by atoms with E-state index in [9.17, 15) is 5.11 Å². The van der Waals surface area contributed by atoms with Gasteiger partial charge in [-0.05, 0) is 13.8 Å². The maximum atomic E-state index is 9.75. The first-order valence-electron chi connectivity index (χ1n) is 5.64. The lowest BCUT2D eigenvalue weighted by Crippen LogP contribution is -2.50. The highest BCUT2D eigenvalue weighted by Crippen LogP contribution is 2.19. The SMILES string of the molecule is CC(C)(O)CN1CCN(c2nccs2)CC1. The Bertz CT molecular complexity index is 312. The first-order chi connectivity index (χ1) is 7.54. The van der Waals surface area contributed by atoms with Crippen LogP contribution in [-0.2, 0) is 0 Å². The van der Waals surface area contributed by atoms with Crippen molar-refractivity contribution in [2.24, 2.45) is 0 Å². The Labute approximate surface area is 101 Å². The van der Waals surface area contributed by atoms with Crippen LogP contribution in [0.15, 0.2) is 11.6 Å². The zero-order valence-corrected chi connectivity index (χ0v) is 10.7. The molecule has 0 radical (unpaired) electrons. The highest BCUT2D eigenvalue weighted by atomic mass is 32.1. The van der Waals surface area contributed by atoms with E-state index in [-0.39, 0.29) is 0 Å². The van der Waals surface area contributed by atoms with Crippen LogP contribution in [0.2, 0.25) is 0 Å². The fourth-order valence-corrected chi connectivity index (χ4v) is 2.71. The molecule has 1 aromatic heterocycles. The van der Waals surface area contributed by atoms with E-state index in [0.29, 0.717) is 0 Å². The van der Waals surface area contributed by atoms with Gasteiger partial charge in [0.05, 0.1) is 5.60 Å². The van der Waals surface area contributed by atoms with Crippen LogP contribution in [-0.4, -0.2) is 53.3 Å². The van der Waals surface area contributed by atoms with Gasteiger partial charge < -0.3 is 10.0 Å². The second-order valence-electron chi connectivity index (χ2n) is 4.89. The van der Waals surface area contributed by atoms with E-state index < -0.39 is 5.60 Å². The van der Waals surface area contributed by atoms with Crippen molar-refractivity contribution in [1.29, 1.82) is 0 Å². The Balaban J connectivity index is 1.83. The molecule has 0 amide bonds. The molecular formula is C11H19N3OS. The normalized spacial score (nSPS) is 19.1. The van der Waals surface area contributed by atoms with Crippen molar-refractivity contribution in [3.05, 3.63) is 11.6 Å². The number of hydrogen-bond donors (Lipinski definition) is 1. The third-order valence-electron chi connectivity index (χ3n) is 2.67. The third-order valence-corrected chi connectivity index (χ3v) is 3.50. The highest BCUT2D eigenvalue weighted by Gasteiger charge is 2.23. The van der Waals surface area contributed by atoms with Crippen LogP contribution in [0.1, 0.15) is 13.8 Å². The van der Waals surface area contributed by atoms with Gasteiger partial charge in [-0.15, -0.1) is 11.3 Å². The number of anilines is 1. The van der Waals surface area contributed by atoms with Crippen LogP contribution in [0.5, 0.6) is 0 Å². The van der Waals surface area contributed by atoms with Crippen molar-refractivity contribution in [3.8, 4) is 0 Å². The minimum Gasteiger partial charge on any atom is -0.389 e. The third kappa shape index (κ3) is 3.17. The average Bonchev–Trinajstić information content (AvgIpc) is 2.69. The van der Waals surface area contributed by atoms with Crippen LogP contribution in [0, 0.1) is 0 Å². The van der Waals surface area contributed by atoms with E-state index in [1.54, 1.807) is 11.3 Å². The summed E-state index contributed by atoms with van der Waals surface area (Å²) in [6.07, 6.45) is 1.85. The van der Waals surface area contributed by atoms with Gasteiger partial charge >= 0.3 is 0 Å². The number of β-amino-alcohol motifs (C(OH)–C–C–N with tert-alkyl or cyclic N) is 1. The molecule has 5 heteroatoms. The molecule has 16 heavy (non-hydrogen) atoms. The van der Waals surface area contributed by atoms with Gasteiger partial charge in [0.15, 0.2) is 5.13 Å². The van der Waals surface area contributed by atoms with E-state index >= 15 is 0 Å². The maximum Gasteiger partial charge on any atom is 0.185 e. The molecule has 90 valence electrons. The molecule has 0 aromatic carbocycles. The molecule has 0 spiro atoms. The summed E-state index contributed by atoms with van der Waals surface area (Å²) in [5.74, 6) is 0. The molecule has 0 atom stereocenters. The lowest BCUT2D eigenvalue weighted by Gasteiger charge is -2.37. The van der Waals surface area contributed by atoms with Crippen molar-refractivity contribution in [3.63, 3.8) is 0 Å². The van der Waals surface area contributed by atoms with E-state index in [1.807, 2.05) is 25.4 Å². The second-order valence-corrected chi connectivity index (χ2v) is 5.76. The maximum absolute atomic E-state index is 9.75. The molecule has 1 saturated heterocycles. The molecule has 0 saturated carbocycles. The molecule has 1 aliphatic rings. The molecule has 1 aliphatic heterocycles. The van der Waals surface area contributed by atoms with Gasteiger partial charge in [-0.3, -0.25) is 4.90 Å². The monoisotopic (exact) mass is 241 g/mol. The summed E-state index contributed by atoms with van der Waals surface area (Å²) in [4.78, 5) is 8.94. The highest BCUT2D eigenvalue weighted by molar-refractivity contribution is 7.13.